The molecule has 108 valence electrons. The summed E-state index contributed by atoms with van der Waals surface area (Å²) in [5.74, 6) is -0.223. The van der Waals surface area contributed by atoms with Gasteiger partial charge in [-0.25, -0.2) is 0 Å². The van der Waals surface area contributed by atoms with Crippen LogP contribution in [-0.2, 0) is 6.42 Å². The summed E-state index contributed by atoms with van der Waals surface area (Å²) in [6.07, 6.45) is 0.358. The van der Waals surface area contributed by atoms with E-state index in [0.717, 1.165) is 15.6 Å². The van der Waals surface area contributed by atoms with Gasteiger partial charge in [-0.1, -0.05) is 41.9 Å². The molecule has 0 bridgehead atoms. The molecular weight excluding hydrogens is 316 g/mol. The molecular formula is C17H11ClN2OS. The third-order valence-electron chi connectivity index (χ3n) is 3.24. The molecule has 1 amide bonds. The van der Waals surface area contributed by atoms with Gasteiger partial charge in [-0.2, -0.15) is 5.26 Å². The lowest BCUT2D eigenvalue weighted by Crippen LogP contribution is -2.10. The predicted octanol–water partition coefficient (Wildman–Crippen LogP) is 4.87. The van der Waals surface area contributed by atoms with Crippen molar-refractivity contribution in [2.75, 3.05) is 5.32 Å². The number of carbonyl (C=O) groups excluding carboxylic acids is 1. The molecule has 0 aliphatic rings. The van der Waals surface area contributed by atoms with Crippen LogP contribution < -0.4 is 5.32 Å². The third kappa shape index (κ3) is 2.82. The van der Waals surface area contributed by atoms with Gasteiger partial charge in [0.25, 0.3) is 5.91 Å². The Morgan fingerprint density at radius 2 is 1.91 bits per heavy atom. The SMILES string of the molecule is N#CCc1ccc(NC(=O)c2sc3ccccc3c2Cl)cc1. The monoisotopic (exact) mass is 326 g/mol. The summed E-state index contributed by atoms with van der Waals surface area (Å²) in [5.41, 5.74) is 1.60. The lowest BCUT2D eigenvalue weighted by atomic mass is 10.1. The summed E-state index contributed by atoms with van der Waals surface area (Å²) in [6.45, 7) is 0. The minimum absolute atomic E-state index is 0.223. The molecule has 3 aromatic rings. The molecule has 0 unspecified atom stereocenters. The standard InChI is InChI=1S/C17H11ClN2OS/c18-15-13-3-1-2-4-14(13)22-16(15)17(21)20-12-7-5-11(6-8-12)9-10-19/h1-8H,9H2,(H,20,21). The van der Waals surface area contributed by atoms with E-state index >= 15 is 0 Å². The first-order valence-corrected chi connectivity index (χ1v) is 7.83. The Labute approximate surface area is 136 Å². The summed E-state index contributed by atoms with van der Waals surface area (Å²) in [4.78, 5) is 12.9. The van der Waals surface area contributed by atoms with Gasteiger partial charge in [-0.3, -0.25) is 4.79 Å². The first-order chi connectivity index (χ1) is 10.7. The van der Waals surface area contributed by atoms with E-state index in [1.165, 1.54) is 11.3 Å². The number of fused-ring (bicyclic) bond motifs is 1. The van der Waals surface area contributed by atoms with Crippen molar-refractivity contribution >= 4 is 44.6 Å². The van der Waals surface area contributed by atoms with E-state index in [0.29, 0.717) is 22.0 Å². The van der Waals surface area contributed by atoms with Crippen LogP contribution in [-0.4, -0.2) is 5.91 Å². The fraction of sp³-hybridized carbons (Fsp3) is 0.0588. The van der Waals surface area contributed by atoms with Crippen LogP contribution in [0.2, 0.25) is 5.02 Å². The van der Waals surface area contributed by atoms with Crippen LogP contribution in [0.3, 0.4) is 0 Å². The molecule has 0 aliphatic heterocycles. The van der Waals surface area contributed by atoms with Crippen LogP contribution in [0.25, 0.3) is 10.1 Å². The lowest BCUT2D eigenvalue weighted by Gasteiger charge is -2.04. The normalized spacial score (nSPS) is 10.4. The molecule has 0 aliphatic carbocycles. The third-order valence-corrected chi connectivity index (χ3v) is 4.91. The van der Waals surface area contributed by atoms with Gasteiger partial charge in [0.15, 0.2) is 0 Å². The Hall–Kier alpha value is -2.35. The van der Waals surface area contributed by atoms with Gasteiger partial charge in [-0.05, 0) is 23.8 Å². The Morgan fingerprint density at radius 1 is 1.18 bits per heavy atom. The smallest absolute Gasteiger partial charge is 0.267 e. The fourth-order valence-electron chi connectivity index (χ4n) is 2.15. The van der Waals surface area contributed by atoms with Crippen molar-refractivity contribution < 1.29 is 4.79 Å². The van der Waals surface area contributed by atoms with E-state index in [1.807, 2.05) is 36.4 Å². The highest BCUT2D eigenvalue weighted by Gasteiger charge is 2.16. The number of nitrogens with one attached hydrogen (secondary N) is 1. The maximum atomic E-state index is 12.4. The number of amides is 1. The van der Waals surface area contributed by atoms with Crippen molar-refractivity contribution in [3.8, 4) is 6.07 Å². The average molecular weight is 327 g/mol. The predicted molar refractivity (Wildman–Crippen MR) is 90.5 cm³/mol. The second kappa shape index (κ2) is 6.18. The molecule has 0 spiro atoms. The van der Waals surface area contributed by atoms with Crippen molar-refractivity contribution in [2.24, 2.45) is 0 Å². The van der Waals surface area contributed by atoms with Crippen LogP contribution >= 0.6 is 22.9 Å². The summed E-state index contributed by atoms with van der Waals surface area (Å²) in [6, 6.07) is 17.0. The van der Waals surface area contributed by atoms with Crippen molar-refractivity contribution in [3.05, 3.63) is 64.0 Å². The van der Waals surface area contributed by atoms with Crippen molar-refractivity contribution in [1.82, 2.24) is 0 Å². The molecule has 0 fully saturated rings. The number of nitrogens with zero attached hydrogens (tertiary/aromatic N) is 1. The van der Waals surface area contributed by atoms with Crippen molar-refractivity contribution in [1.29, 1.82) is 5.26 Å². The molecule has 1 aromatic heterocycles. The minimum atomic E-state index is -0.223. The van der Waals surface area contributed by atoms with E-state index in [-0.39, 0.29) is 5.91 Å². The zero-order valence-electron chi connectivity index (χ0n) is 11.5. The molecule has 5 heteroatoms. The maximum absolute atomic E-state index is 12.4. The van der Waals surface area contributed by atoms with Gasteiger partial charge in [0.1, 0.15) is 4.88 Å². The number of carbonyl (C=O) groups is 1. The largest absolute Gasteiger partial charge is 0.321 e. The molecule has 2 aromatic carbocycles. The Balaban J connectivity index is 1.84. The van der Waals surface area contributed by atoms with E-state index in [1.54, 1.807) is 12.1 Å². The molecule has 3 rings (SSSR count). The van der Waals surface area contributed by atoms with Gasteiger partial charge in [0.2, 0.25) is 0 Å². The second-order valence-electron chi connectivity index (χ2n) is 4.73. The molecule has 0 saturated carbocycles. The van der Waals surface area contributed by atoms with Crippen LogP contribution in [0.5, 0.6) is 0 Å². The number of rotatable bonds is 3. The zero-order chi connectivity index (χ0) is 15.5. The topological polar surface area (TPSA) is 52.9 Å². The number of anilines is 1. The highest BCUT2D eigenvalue weighted by atomic mass is 35.5. The van der Waals surface area contributed by atoms with Gasteiger partial charge < -0.3 is 5.32 Å². The zero-order valence-corrected chi connectivity index (χ0v) is 13.0. The van der Waals surface area contributed by atoms with Gasteiger partial charge in [-0.15, -0.1) is 11.3 Å². The number of thiophene rings is 1. The highest BCUT2D eigenvalue weighted by Crippen LogP contribution is 2.35. The first kappa shape index (κ1) is 14.6. The van der Waals surface area contributed by atoms with Crippen LogP contribution in [0.15, 0.2) is 48.5 Å². The van der Waals surface area contributed by atoms with Gasteiger partial charge in [0, 0.05) is 15.8 Å². The second-order valence-corrected chi connectivity index (χ2v) is 6.16. The molecule has 0 atom stereocenters. The van der Waals surface area contributed by atoms with Crippen LogP contribution in [0, 0.1) is 11.3 Å². The average Bonchev–Trinajstić information content (AvgIpc) is 2.87. The fourth-order valence-corrected chi connectivity index (χ4v) is 3.56. The minimum Gasteiger partial charge on any atom is -0.321 e. The molecule has 0 radical (unpaired) electrons. The Kier molecular flexibility index (Phi) is 4.10. The number of halogens is 1. The summed E-state index contributed by atoms with van der Waals surface area (Å²) < 4.78 is 0.988. The maximum Gasteiger partial charge on any atom is 0.267 e. The summed E-state index contributed by atoms with van der Waals surface area (Å²) in [7, 11) is 0. The van der Waals surface area contributed by atoms with E-state index in [2.05, 4.69) is 11.4 Å². The van der Waals surface area contributed by atoms with Gasteiger partial charge in [0.05, 0.1) is 17.5 Å². The number of hydrogen-bond acceptors (Lipinski definition) is 3. The summed E-state index contributed by atoms with van der Waals surface area (Å²) >= 11 is 7.67. The number of nitriles is 1. The highest BCUT2D eigenvalue weighted by molar-refractivity contribution is 7.21. The van der Waals surface area contributed by atoms with E-state index in [9.17, 15) is 4.79 Å². The first-order valence-electron chi connectivity index (χ1n) is 6.63. The van der Waals surface area contributed by atoms with Crippen LogP contribution in [0.1, 0.15) is 15.2 Å². The van der Waals surface area contributed by atoms with Crippen molar-refractivity contribution in [2.45, 2.75) is 6.42 Å². The lowest BCUT2D eigenvalue weighted by molar-refractivity contribution is 0.103. The number of benzene rings is 2. The molecule has 3 nitrogen and oxygen atoms in total. The number of hydrogen-bond donors (Lipinski definition) is 1. The summed E-state index contributed by atoms with van der Waals surface area (Å²) in [5, 5.41) is 12.9. The molecule has 0 saturated heterocycles. The van der Waals surface area contributed by atoms with E-state index < -0.39 is 0 Å². The quantitative estimate of drug-likeness (QED) is 0.746. The molecule has 1 heterocycles. The van der Waals surface area contributed by atoms with Crippen molar-refractivity contribution in [3.63, 3.8) is 0 Å². The Morgan fingerprint density at radius 3 is 2.59 bits per heavy atom. The van der Waals surface area contributed by atoms with Crippen LogP contribution in [0.4, 0.5) is 5.69 Å². The van der Waals surface area contributed by atoms with Gasteiger partial charge >= 0.3 is 0 Å². The molecule has 1 N–H and O–H groups in total. The van der Waals surface area contributed by atoms with E-state index in [4.69, 9.17) is 16.9 Å². The molecule has 22 heavy (non-hydrogen) atoms. The Bertz CT molecular complexity index is 878.